The van der Waals surface area contributed by atoms with Gasteiger partial charge in [-0.1, -0.05) is 44.2 Å². The fourth-order valence-corrected chi connectivity index (χ4v) is 2.34. The van der Waals surface area contributed by atoms with E-state index in [0.717, 1.165) is 18.4 Å². The van der Waals surface area contributed by atoms with Crippen LogP contribution in [0, 0.1) is 0 Å². The zero-order valence-electron chi connectivity index (χ0n) is 13.4. The number of hydrogen-bond acceptors (Lipinski definition) is 3. The van der Waals surface area contributed by atoms with Gasteiger partial charge in [0.1, 0.15) is 0 Å². The number of carbonyl (C=O) groups excluding carboxylic acids is 1. The molecule has 0 aliphatic heterocycles. The van der Waals surface area contributed by atoms with E-state index in [9.17, 15) is 9.90 Å². The van der Waals surface area contributed by atoms with Gasteiger partial charge in [0, 0.05) is 19.1 Å². The Morgan fingerprint density at radius 3 is 2.38 bits per heavy atom. The fraction of sp³-hybridized carbons (Fsp3) is 0.588. The highest BCUT2D eigenvalue weighted by atomic mass is 16.3. The number of aliphatic hydroxyl groups excluding tert-OH is 1. The zero-order valence-corrected chi connectivity index (χ0v) is 13.4. The fourth-order valence-electron chi connectivity index (χ4n) is 2.34. The van der Waals surface area contributed by atoms with Crippen molar-refractivity contribution in [1.82, 2.24) is 10.2 Å². The van der Waals surface area contributed by atoms with Crippen LogP contribution in [0.3, 0.4) is 0 Å². The summed E-state index contributed by atoms with van der Waals surface area (Å²) in [6.45, 7) is 7.26. The van der Waals surface area contributed by atoms with Gasteiger partial charge < -0.3 is 10.4 Å². The van der Waals surface area contributed by atoms with Crippen LogP contribution in [0.25, 0.3) is 0 Å². The van der Waals surface area contributed by atoms with Crippen LogP contribution in [0.5, 0.6) is 0 Å². The van der Waals surface area contributed by atoms with Gasteiger partial charge in [-0.25, -0.2) is 0 Å². The summed E-state index contributed by atoms with van der Waals surface area (Å²) in [6.07, 6.45) is 1.88. The van der Waals surface area contributed by atoms with Crippen molar-refractivity contribution in [2.24, 2.45) is 0 Å². The maximum Gasteiger partial charge on any atom is 0.237 e. The second kappa shape index (κ2) is 9.53. The van der Waals surface area contributed by atoms with Crippen LogP contribution < -0.4 is 5.32 Å². The number of rotatable bonds is 9. The molecule has 0 radical (unpaired) electrons. The predicted molar refractivity (Wildman–Crippen MR) is 85.9 cm³/mol. The van der Waals surface area contributed by atoms with Crippen molar-refractivity contribution in [3.8, 4) is 0 Å². The molecule has 0 fully saturated rings. The molecule has 0 heterocycles. The minimum atomic E-state index is -0.252. The first kappa shape index (κ1) is 17.7. The van der Waals surface area contributed by atoms with E-state index in [2.05, 4.69) is 19.2 Å². The molecule has 1 rings (SSSR count). The molecule has 118 valence electrons. The number of benzene rings is 1. The summed E-state index contributed by atoms with van der Waals surface area (Å²) >= 11 is 0. The second-order valence-electron chi connectivity index (χ2n) is 5.38. The highest BCUT2D eigenvalue weighted by molar-refractivity contribution is 5.81. The molecule has 21 heavy (non-hydrogen) atoms. The maximum atomic E-state index is 12.3. The van der Waals surface area contributed by atoms with Crippen molar-refractivity contribution in [3.63, 3.8) is 0 Å². The number of aliphatic hydroxyl groups is 1. The lowest BCUT2D eigenvalue weighted by Gasteiger charge is -2.29. The van der Waals surface area contributed by atoms with Gasteiger partial charge in [-0.15, -0.1) is 0 Å². The first-order valence-corrected chi connectivity index (χ1v) is 7.81. The van der Waals surface area contributed by atoms with Crippen molar-refractivity contribution in [3.05, 3.63) is 35.9 Å². The Balaban J connectivity index is 2.68. The van der Waals surface area contributed by atoms with Crippen LogP contribution in [-0.2, 0) is 11.3 Å². The Hall–Kier alpha value is -1.39. The standard InChI is InChI=1S/C17H28N2O2/c1-4-16(5-2)18-17(21)14(3)19(11-12-20)13-15-9-7-6-8-10-15/h6-10,14,16,20H,4-5,11-13H2,1-3H3,(H,18,21). The second-order valence-corrected chi connectivity index (χ2v) is 5.38. The summed E-state index contributed by atoms with van der Waals surface area (Å²) in [4.78, 5) is 14.4. The molecule has 1 atom stereocenters. The molecule has 0 aliphatic carbocycles. The molecule has 1 aromatic carbocycles. The van der Waals surface area contributed by atoms with Gasteiger partial charge in [-0.3, -0.25) is 9.69 Å². The van der Waals surface area contributed by atoms with E-state index in [-0.39, 0.29) is 24.6 Å². The SMILES string of the molecule is CCC(CC)NC(=O)C(C)N(CCO)Cc1ccccc1. The van der Waals surface area contributed by atoms with E-state index >= 15 is 0 Å². The smallest absolute Gasteiger partial charge is 0.237 e. The Kier molecular flexibility index (Phi) is 8.01. The van der Waals surface area contributed by atoms with Crippen LogP contribution in [-0.4, -0.2) is 41.1 Å². The molecule has 0 aromatic heterocycles. The molecule has 0 saturated carbocycles. The van der Waals surface area contributed by atoms with E-state index < -0.39 is 0 Å². The van der Waals surface area contributed by atoms with Crippen LogP contribution in [0.4, 0.5) is 0 Å². The molecule has 1 unspecified atom stereocenters. The first-order chi connectivity index (χ1) is 10.1. The Labute approximate surface area is 128 Å². The highest BCUT2D eigenvalue weighted by Crippen LogP contribution is 2.09. The largest absolute Gasteiger partial charge is 0.395 e. The van der Waals surface area contributed by atoms with Crippen molar-refractivity contribution in [1.29, 1.82) is 0 Å². The quantitative estimate of drug-likeness (QED) is 0.733. The third kappa shape index (κ3) is 5.86. The topological polar surface area (TPSA) is 52.6 Å². The molecule has 1 amide bonds. The van der Waals surface area contributed by atoms with Crippen molar-refractivity contribution in [2.75, 3.05) is 13.2 Å². The lowest BCUT2D eigenvalue weighted by Crippen LogP contribution is -2.48. The molecule has 1 aromatic rings. The number of carbonyl (C=O) groups is 1. The molecule has 0 saturated heterocycles. The summed E-state index contributed by atoms with van der Waals surface area (Å²) < 4.78 is 0. The molecule has 2 N–H and O–H groups in total. The van der Waals surface area contributed by atoms with E-state index in [4.69, 9.17) is 0 Å². The summed E-state index contributed by atoms with van der Waals surface area (Å²) in [6, 6.07) is 10.0. The highest BCUT2D eigenvalue weighted by Gasteiger charge is 2.22. The van der Waals surface area contributed by atoms with Gasteiger partial charge in [-0.05, 0) is 25.3 Å². The average molecular weight is 292 g/mol. The van der Waals surface area contributed by atoms with E-state index in [1.807, 2.05) is 42.2 Å². The summed E-state index contributed by atoms with van der Waals surface area (Å²) in [5.74, 6) is 0.0353. The Morgan fingerprint density at radius 1 is 1.24 bits per heavy atom. The van der Waals surface area contributed by atoms with Gasteiger partial charge in [0.15, 0.2) is 0 Å². The van der Waals surface area contributed by atoms with Gasteiger partial charge in [0.05, 0.1) is 12.6 Å². The third-order valence-corrected chi connectivity index (χ3v) is 3.87. The maximum absolute atomic E-state index is 12.3. The van der Waals surface area contributed by atoms with Gasteiger partial charge >= 0.3 is 0 Å². The lowest BCUT2D eigenvalue weighted by atomic mass is 10.1. The predicted octanol–water partition coefficient (Wildman–Crippen LogP) is 2.17. The number of nitrogens with zero attached hydrogens (tertiary/aromatic N) is 1. The van der Waals surface area contributed by atoms with Crippen LogP contribution in [0.2, 0.25) is 0 Å². The Bertz CT molecular complexity index is 405. The van der Waals surface area contributed by atoms with Crippen molar-refractivity contribution in [2.45, 2.75) is 52.2 Å². The van der Waals surface area contributed by atoms with Crippen molar-refractivity contribution >= 4 is 5.91 Å². The minimum absolute atomic E-state index is 0.0353. The summed E-state index contributed by atoms with van der Waals surface area (Å²) in [7, 11) is 0. The molecule has 0 bridgehead atoms. The average Bonchev–Trinajstić information content (AvgIpc) is 2.52. The normalized spacial score (nSPS) is 12.7. The zero-order chi connectivity index (χ0) is 15.7. The van der Waals surface area contributed by atoms with Crippen LogP contribution in [0.15, 0.2) is 30.3 Å². The Morgan fingerprint density at radius 2 is 1.86 bits per heavy atom. The van der Waals surface area contributed by atoms with E-state index in [1.54, 1.807) is 0 Å². The molecule has 0 spiro atoms. The lowest BCUT2D eigenvalue weighted by molar-refractivity contribution is -0.127. The van der Waals surface area contributed by atoms with Gasteiger partial charge in [0.25, 0.3) is 0 Å². The van der Waals surface area contributed by atoms with Crippen LogP contribution in [0.1, 0.15) is 39.2 Å². The summed E-state index contributed by atoms with van der Waals surface area (Å²) in [5.41, 5.74) is 1.15. The molecular formula is C17H28N2O2. The molecule has 4 nitrogen and oxygen atoms in total. The van der Waals surface area contributed by atoms with E-state index in [0.29, 0.717) is 13.1 Å². The van der Waals surface area contributed by atoms with Crippen molar-refractivity contribution < 1.29 is 9.90 Å². The number of amides is 1. The monoisotopic (exact) mass is 292 g/mol. The number of nitrogens with one attached hydrogen (secondary N) is 1. The minimum Gasteiger partial charge on any atom is -0.395 e. The molecule has 4 heteroatoms. The van der Waals surface area contributed by atoms with Gasteiger partial charge in [0.2, 0.25) is 5.91 Å². The van der Waals surface area contributed by atoms with Gasteiger partial charge in [-0.2, -0.15) is 0 Å². The molecule has 0 aliphatic rings. The third-order valence-electron chi connectivity index (χ3n) is 3.87. The summed E-state index contributed by atoms with van der Waals surface area (Å²) in [5, 5.41) is 12.3. The molecular weight excluding hydrogens is 264 g/mol. The first-order valence-electron chi connectivity index (χ1n) is 7.81. The number of hydrogen-bond donors (Lipinski definition) is 2. The van der Waals surface area contributed by atoms with E-state index in [1.165, 1.54) is 0 Å². The van der Waals surface area contributed by atoms with Crippen LogP contribution >= 0.6 is 0 Å².